The normalized spacial score (nSPS) is 11.6. The lowest BCUT2D eigenvalue weighted by atomic mass is 9.93. The van der Waals surface area contributed by atoms with E-state index >= 15 is 0 Å². The lowest BCUT2D eigenvalue weighted by Crippen LogP contribution is -2.04. The molecule has 1 aliphatic carbocycles. The van der Waals surface area contributed by atoms with Gasteiger partial charge in [0.2, 0.25) is 0 Å². The number of ether oxygens (including phenoxy) is 6. The summed E-state index contributed by atoms with van der Waals surface area (Å²) < 4.78 is 36.9. The van der Waals surface area contributed by atoms with Gasteiger partial charge in [-0.2, -0.15) is 0 Å². The molecule has 6 aromatic rings. The molecule has 6 aromatic carbocycles. The van der Waals surface area contributed by atoms with Gasteiger partial charge in [-0.3, -0.25) is 14.4 Å². The van der Waals surface area contributed by atoms with E-state index < -0.39 is 0 Å². The van der Waals surface area contributed by atoms with Gasteiger partial charge in [-0.1, -0.05) is 6.07 Å². The standard InChI is InChI=1S/C45H36O9/c1-49-41-21-32-18-31-10-17-40(52-36-11-4-28(25-46)5-12-36)45(51-3)39(31)20-35-24-44(54-38-15-8-30(27-48)9-16-38)42(50-2)22-33(35)19-34(32)23-43(41)53-37-13-6-29(26-47)7-14-37/h4-17,21-27H,18-20H2,1-3H3. The predicted molar refractivity (Wildman–Crippen MR) is 203 cm³/mol. The summed E-state index contributed by atoms with van der Waals surface area (Å²) in [5, 5.41) is 0. The molecule has 7 rings (SSSR count). The second-order valence-corrected chi connectivity index (χ2v) is 12.7. The quantitative estimate of drug-likeness (QED) is 0.114. The van der Waals surface area contributed by atoms with Crippen molar-refractivity contribution in [1.29, 1.82) is 0 Å². The summed E-state index contributed by atoms with van der Waals surface area (Å²) in [4.78, 5) is 33.8. The fraction of sp³-hybridized carbons (Fsp3) is 0.133. The van der Waals surface area contributed by atoms with Gasteiger partial charge in [0.15, 0.2) is 34.5 Å². The number of aldehydes is 3. The summed E-state index contributed by atoms with van der Waals surface area (Å²) in [6.07, 6.45) is 3.92. The Morgan fingerprint density at radius 2 is 0.759 bits per heavy atom. The number of benzene rings is 6. The maximum absolute atomic E-state index is 11.3. The molecule has 0 aliphatic heterocycles. The minimum Gasteiger partial charge on any atom is -0.493 e. The van der Waals surface area contributed by atoms with Crippen LogP contribution in [0.4, 0.5) is 0 Å². The number of fused-ring (bicyclic) bond motifs is 3. The van der Waals surface area contributed by atoms with Crippen LogP contribution in [0.25, 0.3) is 0 Å². The Labute approximate surface area is 312 Å². The number of carbonyl (C=O) groups is 3. The third-order valence-electron chi connectivity index (χ3n) is 9.36. The van der Waals surface area contributed by atoms with Crippen LogP contribution in [0.15, 0.2) is 109 Å². The van der Waals surface area contributed by atoms with Crippen molar-refractivity contribution in [2.45, 2.75) is 19.3 Å². The van der Waals surface area contributed by atoms with Crippen molar-refractivity contribution < 1.29 is 42.8 Å². The Morgan fingerprint density at radius 1 is 0.389 bits per heavy atom. The highest BCUT2D eigenvalue weighted by Crippen LogP contribution is 2.44. The molecular formula is C45H36O9. The fourth-order valence-corrected chi connectivity index (χ4v) is 6.56. The van der Waals surface area contributed by atoms with Crippen LogP contribution in [0.5, 0.6) is 51.7 Å². The Bertz CT molecular complexity index is 2330. The Kier molecular flexibility index (Phi) is 10.4. The van der Waals surface area contributed by atoms with E-state index in [0.717, 1.165) is 52.2 Å². The van der Waals surface area contributed by atoms with Crippen LogP contribution in [0.2, 0.25) is 0 Å². The second-order valence-electron chi connectivity index (χ2n) is 12.7. The number of rotatable bonds is 12. The summed E-state index contributed by atoms with van der Waals surface area (Å²) in [5.74, 6) is 4.92. The molecule has 9 nitrogen and oxygen atoms in total. The molecule has 0 bridgehead atoms. The van der Waals surface area contributed by atoms with Crippen LogP contribution in [0.1, 0.15) is 64.5 Å². The average molecular weight is 721 g/mol. The highest BCUT2D eigenvalue weighted by Gasteiger charge is 2.25. The zero-order chi connectivity index (χ0) is 37.6. The van der Waals surface area contributed by atoms with E-state index in [1.807, 2.05) is 36.4 Å². The molecule has 9 heteroatoms. The van der Waals surface area contributed by atoms with Gasteiger partial charge in [0, 0.05) is 28.7 Å². The van der Waals surface area contributed by atoms with E-state index in [4.69, 9.17) is 28.4 Å². The van der Waals surface area contributed by atoms with E-state index in [2.05, 4.69) is 0 Å². The SMILES string of the molecule is COc1cc2c(cc1Oc1ccc(C=O)cc1)Cc1cc(OC)c(Oc3ccc(C=O)cc3)cc1Cc1c(ccc(Oc3ccc(C=O)cc3)c1OC)C2. The monoisotopic (exact) mass is 720 g/mol. The lowest BCUT2D eigenvalue weighted by Gasteiger charge is -2.20. The molecule has 0 amide bonds. The average Bonchev–Trinajstić information content (AvgIpc) is 3.27. The van der Waals surface area contributed by atoms with Gasteiger partial charge < -0.3 is 28.4 Å². The van der Waals surface area contributed by atoms with E-state index in [1.54, 1.807) is 94.1 Å². The van der Waals surface area contributed by atoms with Crippen LogP contribution in [-0.2, 0) is 19.3 Å². The number of hydrogen-bond donors (Lipinski definition) is 0. The third kappa shape index (κ3) is 7.52. The summed E-state index contributed by atoms with van der Waals surface area (Å²) in [6, 6.07) is 32.6. The molecule has 0 saturated heterocycles. The first kappa shape index (κ1) is 35.5. The zero-order valence-corrected chi connectivity index (χ0v) is 29.9. The smallest absolute Gasteiger partial charge is 0.169 e. The molecular weight excluding hydrogens is 684 g/mol. The topological polar surface area (TPSA) is 107 Å². The van der Waals surface area contributed by atoms with E-state index in [9.17, 15) is 14.4 Å². The largest absolute Gasteiger partial charge is 0.493 e. The Morgan fingerprint density at radius 3 is 1.15 bits per heavy atom. The van der Waals surface area contributed by atoms with Gasteiger partial charge in [0.05, 0.1) is 21.3 Å². The fourth-order valence-electron chi connectivity index (χ4n) is 6.56. The van der Waals surface area contributed by atoms with Crippen molar-refractivity contribution in [3.05, 3.63) is 159 Å². The molecule has 270 valence electrons. The van der Waals surface area contributed by atoms with Crippen LogP contribution >= 0.6 is 0 Å². The number of methoxy groups -OCH3 is 3. The molecule has 0 N–H and O–H groups in total. The van der Waals surface area contributed by atoms with Gasteiger partial charge >= 0.3 is 0 Å². The van der Waals surface area contributed by atoms with E-state index in [-0.39, 0.29) is 0 Å². The van der Waals surface area contributed by atoms with Crippen molar-refractivity contribution in [3.63, 3.8) is 0 Å². The molecule has 0 spiro atoms. The zero-order valence-electron chi connectivity index (χ0n) is 29.9. The first-order valence-corrected chi connectivity index (χ1v) is 17.2. The molecule has 0 heterocycles. The van der Waals surface area contributed by atoms with Crippen molar-refractivity contribution in [2.24, 2.45) is 0 Å². The first-order valence-electron chi connectivity index (χ1n) is 17.2. The molecule has 0 aromatic heterocycles. The molecule has 0 atom stereocenters. The lowest BCUT2D eigenvalue weighted by molar-refractivity contribution is 0.111. The van der Waals surface area contributed by atoms with Crippen molar-refractivity contribution in [2.75, 3.05) is 21.3 Å². The molecule has 0 fully saturated rings. The first-order chi connectivity index (χ1) is 26.4. The second kappa shape index (κ2) is 15.8. The van der Waals surface area contributed by atoms with Crippen LogP contribution in [0.3, 0.4) is 0 Å². The van der Waals surface area contributed by atoms with Gasteiger partial charge in [0.25, 0.3) is 0 Å². The highest BCUT2D eigenvalue weighted by molar-refractivity contribution is 5.76. The summed E-state index contributed by atoms with van der Waals surface area (Å²) in [6.45, 7) is 0. The van der Waals surface area contributed by atoms with Crippen LogP contribution < -0.4 is 28.4 Å². The van der Waals surface area contributed by atoms with E-state index in [1.165, 1.54) is 0 Å². The van der Waals surface area contributed by atoms with Crippen LogP contribution in [0, 0.1) is 0 Å². The Hall–Kier alpha value is -6.87. The summed E-state index contributed by atoms with van der Waals surface area (Å²) in [5.41, 5.74) is 7.59. The molecule has 1 aliphatic rings. The van der Waals surface area contributed by atoms with Gasteiger partial charge in [-0.05, 0) is 144 Å². The van der Waals surface area contributed by atoms with Gasteiger partial charge in [0.1, 0.15) is 36.1 Å². The number of hydrogen-bond acceptors (Lipinski definition) is 9. The van der Waals surface area contributed by atoms with Crippen LogP contribution in [-0.4, -0.2) is 40.2 Å². The van der Waals surface area contributed by atoms with E-state index in [0.29, 0.717) is 87.7 Å². The number of carbonyl (C=O) groups excluding carboxylic acids is 3. The Balaban J connectivity index is 1.37. The van der Waals surface area contributed by atoms with Gasteiger partial charge in [-0.25, -0.2) is 0 Å². The summed E-state index contributed by atoms with van der Waals surface area (Å²) in [7, 11) is 4.83. The summed E-state index contributed by atoms with van der Waals surface area (Å²) >= 11 is 0. The molecule has 54 heavy (non-hydrogen) atoms. The maximum Gasteiger partial charge on any atom is 0.169 e. The predicted octanol–water partition coefficient (Wildman–Crippen LogP) is 9.61. The minimum absolute atomic E-state index is 0.469. The van der Waals surface area contributed by atoms with Crippen molar-refractivity contribution in [1.82, 2.24) is 0 Å². The third-order valence-corrected chi connectivity index (χ3v) is 9.36. The minimum atomic E-state index is 0.469. The highest BCUT2D eigenvalue weighted by atomic mass is 16.5. The maximum atomic E-state index is 11.3. The molecule has 0 unspecified atom stereocenters. The van der Waals surface area contributed by atoms with Gasteiger partial charge in [-0.15, -0.1) is 0 Å². The van der Waals surface area contributed by atoms with Crippen molar-refractivity contribution in [3.8, 4) is 51.7 Å². The molecule has 0 saturated carbocycles. The van der Waals surface area contributed by atoms with Crippen molar-refractivity contribution >= 4 is 18.9 Å². The molecule has 0 radical (unpaired) electrons.